The Morgan fingerprint density at radius 3 is 1.86 bits per heavy atom. The molecule has 1 N–H and O–H groups in total. The number of alkyl halides is 3. The van der Waals surface area contributed by atoms with Crippen LogP contribution in [0.5, 0.6) is 0 Å². The molecule has 1 saturated heterocycles. The predicted molar refractivity (Wildman–Crippen MR) is 76.2 cm³/mol. The standard InChI is InChI=1S/C17H16F3N/c18-17(19,20)16-15(13-9-5-2-6-10-13)14(11-21-16)12-7-3-1-4-8-12/h1-10,14-16,21H,11H2/t14-,15+,16-/m0/s1. The van der Waals surface area contributed by atoms with E-state index in [0.29, 0.717) is 6.54 Å². The Balaban J connectivity index is 2.01. The molecular weight excluding hydrogens is 275 g/mol. The Morgan fingerprint density at radius 2 is 1.33 bits per heavy atom. The van der Waals surface area contributed by atoms with Crippen molar-refractivity contribution in [3.8, 4) is 0 Å². The van der Waals surface area contributed by atoms with Crippen LogP contribution in [-0.2, 0) is 0 Å². The van der Waals surface area contributed by atoms with E-state index in [1.165, 1.54) is 0 Å². The van der Waals surface area contributed by atoms with Crippen LogP contribution in [-0.4, -0.2) is 18.8 Å². The summed E-state index contributed by atoms with van der Waals surface area (Å²) in [5.74, 6) is -0.756. The molecule has 110 valence electrons. The van der Waals surface area contributed by atoms with E-state index >= 15 is 0 Å². The van der Waals surface area contributed by atoms with E-state index in [-0.39, 0.29) is 5.92 Å². The minimum atomic E-state index is -4.25. The third kappa shape index (κ3) is 2.81. The molecule has 0 saturated carbocycles. The molecule has 1 aliphatic rings. The lowest BCUT2D eigenvalue weighted by molar-refractivity contribution is -0.155. The lowest BCUT2D eigenvalue weighted by Crippen LogP contribution is -2.40. The molecule has 4 heteroatoms. The number of hydrogen-bond donors (Lipinski definition) is 1. The highest BCUT2D eigenvalue weighted by Crippen LogP contribution is 2.44. The van der Waals surface area contributed by atoms with Crippen molar-refractivity contribution in [2.24, 2.45) is 0 Å². The number of rotatable bonds is 2. The van der Waals surface area contributed by atoms with Crippen LogP contribution in [0, 0.1) is 0 Å². The number of hydrogen-bond acceptors (Lipinski definition) is 1. The molecule has 1 aliphatic heterocycles. The summed E-state index contributed by atoms with van der Waals surface area (Å²) in [5, 5.41) is 2.67. The summed E-state index contributed by atoms with van der Waals surface area (Å²) in [6.07, 6.45) is -4.25. The second-order valence-corrected chi connectivity index (χ2v) is 5.38. The first-order chi connectivity index (χ1) is 10.1. The molecule has 1 fully saturated rings. The molecule has 21 heavy (non-hydrogen) atoms. The molecule has 0 aliphatic carbocycles. The number of halogens is 3. The second-order valence-electron chi connectivity index (χ2n) is 5.38. The average Bonchev–Trinajstić information content (AvgIpc) is 2.94. The fraction of sp³-hybridized carbons (Fsp3) is 0.294. The fourth-order valence-corrected chi connectivity index (χ4v) is 3.18. The van der Waals surface area contributed by atoms with Gasteiger partial charge in [-0.15, -0.1) is 0 Å². The summed E-state index contributed by atoms with van der Waals surface area (Å²) in [7, 11) is 0. The van der Waals surface area contributed by atoms with Crippen molar-refractivity contribution in [1.29, 1.82) is 0 Å². The maximum absolute atomic E-state index is 13.3. The normalized spacial score (nSPS) is 26.0. The van der Waals surface area contributed by atoms with Gasteiger partial charge >= 0.3 is 6.18 Å². The minimum absolute atomic E-state index is 0.166. The Hall–Kier alpha value is -1.81. The first kappa shape index (κ1) is 14.1. The molecule has 1 heterocycles. The molecule has 0 radical (unpaired) electrons. The summed E-state index contributed by atoms with van der Waals surface area (Å²) in [4.78, 5) is 0. The van der Waals surface area contributed by atoms with Gasteiger partial charge in [-0.2, -0.15) is 13.2 Å². The third-order valence-corrected chi connectivity index (χ3v) is 4.12. The van der Waals surface area contributed by atoms with Crippen LogP contribution in [0.3, 0.4) is 0 Å². The quantitative estimate of drug-likeness (QED) is 0.879. The van der Waals surface area contributed by atoms with E-state index in [1.54, 1.807) is 24.3 Å². The van der Waals surface area contributed by atoms with Crippen molar-refractivity contribution >= 4 is 0 Å². The molecule has 0 amide bonds. The van der Waals surface area contributed by atoms with E-state index in [0.717, 1.165) is 11.1 Å². The van der Waals surface area contributed by atoms with Gasteiger partial charge in [0.2, 0.25) is 0 Å². The van der Waals surface area contributed by atoms with Gasteiger partial charge in [0.15, 0.2) is 0 Å². The van der Waals surface area contributed by atoms with E-state index in [9.17, 15) is 13.2 Å². The molecule has 3 rings (SSSR count). The number of nitrogens with one attached hydrogen (secondary N) is 1. The monoisotopic (exact) mass is 291 g/mol. The summed E-state index contributed by atoms with van der Waals surface area (Å²) in [6, 6.07) is 16.9. The van der Waals surface area contributed by atoms with Gasteiger partial charge in [-0.3, -0.25) is 0 Å². The zero-order chi connectivity index (χ0) is 14.9. The van der Waals surface area contributed by atoms with Crippen LogP contribution in [0.2, 0.25) is 0 Å². The summed E-state index contributed by atoms with van der Waals surface area (Å²) >= 11 is 0. The van der Waals surface area contributed by atoms with Gasteiger partial charge < -0.3 is 5.32 Å². The highest BCUT2D eigenvalue weighted by Gasteiger charge is 2.51. The van der Waals surface area contributed by atoms with Crippen LogP contribution in [0.4, 0.5) is 13.2 Å². The first-order valence-electron chi connectivity index (χ1n) is 6.97. The summed E-state index contributed by atoms with van der Waals surface area (Å²) in [6.45, 7) is 0.341. The Labute approximate surface area is 121 Å². The van der Waals surface area contributed by atoms with Gasteiger partial charge in [-0.25, -0.2) is 0 Å². The van der Waals surface area contributed by atoms with Crippen LogP contribution in [0.1, 0.15) is 23.0 Å². The first-order valence-corrected chi connectivity index (χ1v) is 6.97. The van der Waals surface area contributed by atoms with Crippen molar-refractivity contribution in [3.05, 3.63) is 71.8 Å². The van der Waals surface area contributed by atoms with E-state index in [2.05, 4.69) is 5.32 Å². The van der Waals surface area contributed by atoms with Crippen molar-refractivity contribution < 1.29 is 13.2 Å². The number of benzene rings is 2. The largest absolute Gasteiger partial charge is 0.404 e. The lowest BCUT2D eigenvalue weighted by atomic mass is 9.80. The molecule has 0 aromatic heterocycles. The Morgan fingerprint density at radius 1 is 0.810 bits per heavy atom. The van der Waals surface area contributed by atoms with Gasteiger partial charge in [-0.05, 0) is 11.1 Å². The average molecular weight is 291 g/mol. The van der Waals surface area contributed by atoms with Crippen LogP contribution >= 0.6 is 0 Å². The zero-order valence-corrected chi connectivity index (χ0v) is 11.3. The van der Waals surface area contributed by atoms with E-state index in [1.807, 2.05) is 36.4 Å². The SMILES string of the molecule is FC(F)(F)[C@H]1NC[C@@H](c2ccccc2)[C@H]1c1ccccc1. The fourth-order valence-electron chi connectivity index (χ4n) is 3.18. The van der Waals surface area contributed by atoms with Gasteiger partial charge in [0, 0.05) is 18.4 Å². The second kappa shape index (κ2) is 5.53. The molecule has 0 unspecified atom stereocenters. The van der Waals surface area contributed by atoms with Crippen LogP contribution in [0.15, 0.2) is 60.7 Å². The van der Waals surface area contributed by atoms with Crippen molar-refractivity contribution in [3.63, 3.8) is 0 Å². The molecule has 1 nitrogen and oxygen atoms in total. The zero-order valence-electron chi connectivity index (χ0n) is 11.3. The smallest absolute Gasteiger partial charge is 0.305 e. The van der Waals surface area contributed by atoms with Crippen molar-refractivity contribution in [2.75, 3.05) is 6.54 Å². The van der Waals surface area contributed by atoms with Crippen molar-refractivity contribution in [1.82, 2.24) is 5.32 Å². The van der Waals surface area contributed by atoms with Gasteiger partial charge in [-0.1, -0.05) is 60.7 Å². The summed E-state index contributed by atoms with van der Waals surface area (Å²) < 4.78 is 40.0. The molecule has 0 bridgehead atoms. The molecule has 0 spiro atoms. The van der Waals surface area contributed by atoms with Crippen molar-refractivity contribution in [2.45, 2.75) is 24.1 Å². The van der Waals surface area contributed by atoms with Crippen LogP contribution in [0.25, 0.3) is 0 Å². The Kier molecular flexibility index (Phi) is 3.72. The highest BCUT2D eigenvalue weighted by atomic mass is 19.4. The third-order valence-electron chi connectivity index (χ3n) is 4.12. The molecule has 2 aromatic carbocycles. The minimum Gasteiger partial charge on any atom is -0.305 e. The molecule has 2 aromatic rings. The highest BCUT2D eigenvalue weighted by molar-refractivity contribution is 5.33. The maximum atomic E-state index is 13.3. The van der Waals surface area contributed by atoms with Gasteiger partial charge in [0.25, 0.3) is 0 Å². The molecular formula is C17H16F3N. The van der Waals surface area contributed by atoms with Gasteiger partial charge in [0.05, 0.1) is 0 Å². The van der Waals surface area contributed by atoms with E-state index < -0.39 is 18.1 Å². The maximum Gasteiger partial charge on any atom is 0.404 e. The van der Waals surface area contributed by atoms with E-state index in [4.69, 9.17) is 0 Å². The predicted octanol–water partition coefficient (Wildman–Crippen LogP) is 4.09. The topological polar surface area (TPSA) is 12.0 Å². The summed E-state index contributed by atoms with van der Waals surface area (Å²) in [5.41, 5.74) is 1.68. The van der Waals surface area contributed by atoms with Gasteiger partial charge in [0.1, 0.15) is 6.04 Å². The lowest BCUT2D eigenvalue weighted by Gasteiger charge is -2.26. The van der Waals surface area contributed by atoms with Crippen LogP contribution < -0.4 is 5.32 Å². The Bertz CT molecular complexity index is 580. The molecule has 3 atom stereocenters.